The van der Waals surface area contributed by atoms with Crippen molar-refractivity contribution in [1.82, 2.24) is 0 Å². The summed E-state index contributed by atoms with van der Waals surface area (Å²) in [6.07, 6.45) is 6.75. The maximum atomic E-state index is 11.5. The largest absolute Gasteiger partial charge is 0.461 e. The van der Waals surface area contributed by atoms with Gasteiger partial charge in [-0.15, -0.1) is 0 Å². The van der Waals surface area contributed by atoms with E-state index in [0.29, 0.717) is 0 Å². The zero-order chi connectivity index (χ0) is 17.7. The Balaban J connectivity index is 1.60. The molecule has 0 fully saturated rings. The van der Waals surface area contributed by atoms with Crippen LogP contribution < -0.4 is 0 Å². The zero-order valence-electron chi connectivity index (χ0n) is 13.8. The smallest absolute Gasteiger partial charge is 0.317 e. The van der Waals surface area contributed by atoms with Gasteiger partial charge >= 0.3 is 11.9 Å². The molecule has 0 aliphatic carbocycles. The Kier molecular flexibility index (Phi) is 7.72. The molecule has 0 spiro atoms. The molecule has 4 heteroatoms. The second kappa shape index (κ2) is 10.6. The highest BCUT2D eigenvalue weighted by molar-refractivity contribution is 5.91. The second-order valence-corrected chi connectivity index (χ2v) is 5.17. The quantitative estimate of drug-likeness (QED) is 0.542. The van der Waals surface area contributed by atoms with E-state index in [2.05, 4.69) is 0 Å². The molecule has 0 heterocycles. The monoisotopic (exact) mass is 336 g/mol. The van der Waals surface area contributed by atoms with Crippen LogP contribution in [-0.2, 0) is 19.1 Å². The van der Waals surface area contributed by atoms with Gasteiger partial charge in [-0.2, -0.15) is 0 Å². The molecule has 0 N–H and O–H groups in total. The molecule has 2 rings (SSSR count). The summed E-state index contributed by atoms with van der Waals surface area (Å²) < 4.78 is 9.93. The van der Waals surface area contributed by atoms with Crippen molar-refractivity contribution in [2.45, 2.75) is 6.42 Å². The van der Waals surface area contributed by atoms with Crippen molar-refractivity contribution < 1.29 is 19.1 Å². The molecule has 0 saturated carbocycles. The Labute approximate surface area is 147 Å². The molecule has 0 radical (unpaired) electrons. The van der Waals surface area contributed by atoms with Crippen LogP contribution in [-0.4, -0.2) is 25.2 Å². The Morgan fingerprint density at radius 3 is 1.48 bits per heavy atom. The first kappa shape index (κ1) is 18.2. The van der Waals surface area contributed by atoms with Crippen molar-refractivity contribution in [3.63, 3.8) is 0 Å². The molecule has 4 nitrogen and oxygen atoms in total. The fraction of sp³-hybridized carbons (Fsp3) is 0.143. The third-order valence-electron chi connectivity index (χ3n) is 3.19. The third kappa shape index (κ3) is 7.79. The molecular formula is C21H20O4. The highest BCUT2D eigenvalue weighted by atomic mass is 16.6. The fourth-order valence-electron chi connectivity index (χ4n) is 2.00. The van der Waals surface area contributed by atoms with Gasteiger partial charge in [-0.25, -0.2) is 0 Å². The van der Waals surface area contributed by atoms with Crippen LogP contribution in [0.3, 0.4) is 0 Å². The molecule has 0 aromatic heterocycles. The Bertz CT molecular complexity index is 655. The maximum absolute atomic E-state index is 11.5. The van der Waals surface area contributed by atoms with Gasteiger partial charge in [-0.3, -0.25) is 9.59 Å². The molecular weight excluding hydrogens is 316 g/mol. The number of rotatable bonds is 8. The van der Waals surface area contributed by atoms with Gasteiger partial charge in [0.2, 0.25) is 0 Å². The van der Waals surface area contributed by atoms with E-state index in [0.717, 1.165) is 11.1 Å². The normalized spacial score (nSPS) is 10.9. The predicted molar refractivity (Wildman–Crippen MR) is 97.5 cm³/mol. The fourth-order valence-corrected chi connectivity index (χ4v) is 2.00. The lowest BCUT2D eigenvalue weighted by atomic mass is 10.2. The van der Waals surface area contributed by atoms with Crippen LogP contribution in [0.1, 0.15) is 17.5 Å². The molecule has 0 amide bonds. The first-order valence-corrected chi connectivity index (χ1v) is 7.98. The van der Waals surface area contributed by atoms with Crippen molar-refractivity contribution in [1.29, 1.82) is 0 Å². The lowest BCUT2D eigenvalue weighted by molar-refractivity contribution is -0.153. The number of carbonyl (C=O) groups excluding carboxylic acids is 2. The average molecular weight is 336 g/mol. The van der Waals surface area contributed by atoms with Crippen LogP contribution >= 0.6 is 0 Å². The minimum atomic E-state index is -0.602. The molecule has 0 bridgehead atoms. The van der Waals surface area contributed by atoms with Crippen LogP contribution in [0.25, 0.3) is 12.2 Å². The summed E-state index contributed by atoms with van der Waals surface area (Å²) in [7, 11) is 0. The maximum Gasteiger partial charge on any atom is 0.317 e. The average Bonchev–Trinajstić information content (AvgIpc) is 2.64. The Morgan fingerprint density at radius 2 is 1.08 bits per heavy atom. The van der Waals surface area contributed by atoms with Crippen molar-refractivity contribution in [2.24, 2.45) is 0 Å². The van der Waals surface area contributed by atoms with E-state index in [1.807, 2.05) is 72.8 Å². The van der Waals surface area contributed by atoms with Crippen LogP contribution in [0.4, 0.5) is 0 Å². The number of esters is 2. The van der Waals surface area contributed by atoms with E-state index in [-0.39, 0.29) is 13.2 Å². The Hall–Kier alpha value is -3.14. The highest BCUT2D eigenvalue weighted by Gasteiger charge is 2.10. The summed E-state index contributed by atoms with van der Waals surface area (Å²) in [5, 5.41) is 0. The van der Waals surface area contributed by atoms with E-state index in [9.17, 15) is 9.59 Å². The van der Waals surface area contributed by atoms with Crippen LogP contribution in [0.15, 0.2) is 72.8 Å². The number of hydrogen-bond acceptors (Lipinski definition) is 4. The topological polar surface area (TPSA) is 52.6 Å². The highest BCUT2D eigenvalue weighted by Crippen LogP contribution is 2.02. The standard InChI is InChI=1S/C21H20O4/c22-20(24-15-7-13-18-9-3-1-4-10-18)17-21(23)25-16-8-14-19-11-5-2-6-12-19/h1-14H,15-17H2/b13-7+,14-8+. The molecule has 0 aliphatic heterocycles. The molecule has 0 unspecified atom stereocenters. The lowest BCUT2D eigenvalue weighted by Crippen LogP contribution is -2.14. The van der Waals surface area contributed by atoms with Crippen molar-refractivity contribution in [2.75, 3.05) is 13.2 Å². The minimum Gasteiger partial charge on any atom is -0.461 e. The summed E-state index contributed by atoms with van der Waals surface area (Å²) >= 11 is 0. The van der Waals surface area contributed by atoms with Gasteiger partial charge in [0, 0.05) is 0 Å². The number of hydrogen-bond donors (Lipinski definition) is 0. The van der Waals surface area contributed by atoms with Crippen LogP contribution in [0.2, 0.25) is 0 Å². The lowest BCUT2D eigenvalue weighted by Gasteiger charge is -2.02. The molecule has 0 atom stereocenters. The summed E-state index contributed by atoms with van der Waals surface area (Å²) in [6.45, 7) is 0.240. The van der Waals surface area contributed by atoms with Gasteiger partial charge in [-0.1, -0.05) is 72.8 Å². The minimum absolute atomic E-state index is 0.120. The van der Waals surface area contributed by atoms with Crippen molar-refractivity contribution >= 4 is 24.1 Å². The summed E-state index contributed by atoms with van der Waals surface area (Å²) in [5.41, 5.74) is 2.03. The number of benzene rings is 2. The first-order chi connectivity index (χ1) is 12.2. The zero-order valence-corrected chi connectivity index (χ0v) is 13.8. The number of ether oxygens (including phenoxy) is 2. The molecule has 128 valence electrons. The van der Waals surface area contributed by atoms with Gasteiger partial charge in [0.25, 0.3) is 0 Å². The SMILES string of the molecule is O=C(CC(=O)OC/C=C/c1ccccc1)OC/C=C/c1ccccc1. The molecule has 0 saturated heterocycles. The van der Waals surface area contributed by atoms with Crippen LogP contribution in [0.5, 0.6) is 0 Å². The molecule has 2 aromatic carbocycles. The van der Waals surface area contributed by atoms with E-state index in [1.54, 1.807) is 12.2 Å². The molecule has 25 heavy (non-hydrogen) atoms. The Morgan fingerprint density at radius 1 is 0.680 bits per heavy atom. The first-order valence-electron chi connectivity index (χ1n) is 7.98. The van der Waals surface area contributed by atoms with Gasteiger partial charge in [0.1, 0.15) is 19.6 Å². The summed E-state index contributed by atoms with van der Waals surface area (Å²) in [4.78, 5) is 23.1. The predicted octanol–water partition coefficient (Wildman–Crippen LogP) is 3.89. The van der Waals surface area contributed by atoms with E-state index in [4.69, 9.17) is 9.47 Å². The van der Waals surface area contributed by atoms with Crippen molar-refractivity contribution in [3.8, 4) is 0 Å². The summed E-state index contributed by atoms with van der Waals surface area (Å²) in [6, 6.07) is 19.3. The summed E-state index contributed by atoms with van der Waals surface area (Å²) in [5.74, 6) is -1.20. The number of carbonyl (C=O) groups is 2. The molecule has 0 aliphatic rings. The van der Waals surface area contributed by atoms with Gasteiger partial charge in [-0.05, 0) is 23.3 Å². The third-order valence-corrected chi connectivity index (χ3v) is 3.19. The van der Waals surface area contributed by atoms with Gasteiger partial charge < -0.3 is 9.47 Å². The van der Waals surface area contributed by atoms with Gasteiger partial charge in [0.05, 0.1) is 0 Å². The van der Waals surface area contributed by atoms with Gasteiger partial charge in [0.15, 0.2) is 0 Å². The van der Waals surface area contributed by atoms with E-state index in [1.165, 1.54) is 0 Å². The second-order valence-electron chi connectivity index (χ2n) is 5.17. The van der Waals surface area contributed by atoms with E-state index < -0.39 is 18.4 Å². The van der Waals surface area contributed by atoms with E-state index >= 15 is 0 Å². The van der Waals surface area contributed by atoms with Crippen molar-refractivity contribution in [3.05, 3.63) is 83.9 Å². The molecule has 2 aromatic rings. The van der Waals surface area contributed by atoms with Crippen LogP contribution in [0, 0.1) is 0 Å².